The predicted molar refractivity (Wildman–Crippen MR) is 119 cm³/mol. The Kier molecular flexibility index (Phi) is 8.80. The molecule has 0 aliphatic rings. The SMILES string of the molecule is CCCCC(=O)Oc1cc(Cl)c(Oc2ccc(NC(=O)C(C)C)c(Br)c2)c(Cl)c1. The number of carbonyl (C=O) groups is 2. The van der Waals surface area contributed by atoms with E-state index >= 15 is 0 Å². The van der Waals surface area contributed by atoms with E-state index < -0.39 is 0 Å². The maximum atomic E-state index is 11.9. The van der Waals surface area contributed by atoms with E-state index in [0.717, 1.165) is 12.8 Å². The summed E-state index contributed by atoms with van der Waals surface area (Å²) in [4.78, 5) is 23.6. The molecule has 5 nitrogen and oxygen atoms in total. The largest absolute Gasteiger partial charge is 0.454 e. The molecule has 2 aromatic carbocycles. The van der Waals surface area contributed by atoms with Crippen LogP contribution in [0.25, 0.3) is 0 Å². The second kappa shape index (κ2) is 10.9. The molecule has 0 radical (unpaired) electrons. The van der Waals surface area contributed by atoms with Crippen LogP contribution in [0.1, 0.15) is 40.0 Å². The van der Waals surface area contributed by atoms with Gasteiger partial charge in [-0.25, -0.2) is 0 Å². The van der Waals surface area contributed by atoms with Gasteiger partial charge in [0.25, 0.3) is 0 Å². The number of unbranched alkanes of at least 4 members (excludes halogenated alkanes) is 1. The van der Waals surface area contributed by atoms with E-state index in [4.69, 9.17) is 32.7 Å². The average molecular weight is 503 g/mol. The first-order valence-corrected chi connectivity index (χ1v) is 10.7. The molecule has 0 saturated carbocycles. The van der Waals surface area contributed by atoms with E-state index in [1.807, 2.05) is 20.8 Å². The highest BCUT2D eigenvalue weighted by Gasteiger charge is 2.15. The first kappa shape index (κ1) is 23.5. The van der Waals surface area contributed by atoms with Crippen LogP contribution in [0.4, 0.5) is 5.69 Å². The highest BCUT2D eigenvalue weighted by Crippen LogP contribution is 2.40. The molecule has 0 saturated heterocycles. The van der Waals surface area contributed by atoms with Gasteiger partial charge in [-0.3, -0.25) is 9.59 Å². The Hall–Kier alpha value is -1.76. The lowest BCUT2D eigenvalue weighted by molar-refractivity contribution is -0.134. The standard InChI is InChI=1S/C21H22BrCl2NO4/c1-4-5-6-19(26)28-14-10-16(23)20(17(24)11-14)29-13-7-8-18(15(22)9-13)25-21(27)12(2)3/h7-12H,4-6H2,1-3H3,(H,25,27). The van der Waals surface area contributed by atoms with Gasteiger partial charge in [0, 0.05) is 28.9 Å². The number of ether oxygens (including phenoxy) is 2. The molecule has 0 aromatic heterocycles. The number of esters is 1. The second-order valence-corrected chi connectivity index (χ2v) is 8.35. The molecule has 2 aromatic rings. The Morgan fingerprint density at radius 2 is 1.76 bits per heavy atom. The minimum atomic E-state index is -0.337. The third kappa shape index (κ3) is 6.91. The molecule has 0 heterocycles. The summed E-state index contributed by atoms with van der Waals surface area (Å²) in [6, 6.07) is 8.07. The fraction of sp³-hybridized carbons (Fsp3) is 0.333. The highest BCUT2D eigenvalue weighted by atomic mass is 79.9. The van der Waals surface area contributed by atoms with Crippen molar-refractivity contribution in [2.45, 2.75) is 40.0 Å². The lowest BCUT2D eigenvalue weighted by atomic mass is 10.2. The molecule has 0 aliphatic heterocycles. The zero-order chi connectivity index (χ0) is 21.6. The molecule has 0 fully saturated rings. The molecule has 0 spiro atoms. The summed E-state index contributed by atoms with van der Waals surface area (Å²) in [6.07, 6.45) is 1.99. The second-order valence-electron chi connectivity index (χ2n) is 6.68. The van der Waals surface area contributed by atoms with Gasteiger partial charge >= 0.3 is 5.97 Å². The first-order chi connectivity index (χ1) is 13.7. The van der Waals surface area contributed by atoms with Crippen LogP contribution in [-0.2, 0) is 9.59 Å². The number of carbonyl (C=O) groups excluding carboxylic acids is 2. The van der Waals surface area contributed by atoms with E-state index in [9.17, 15) is 9.59 Å². The van der Waals surface area contributed by atoms with Gasteiger partial charge in [-0.2, -0.15) is 0 Å². The van der Waals surface area contributed by atoms with Gasteiger partial charge < -0.3 is 14.8 Å². The molecule has 0 unspecified atom stereocenters. The van der Waals surface area contributed by atoms with Crippen molar-refractivity contribution in [1.82, 2.24) is 0 Å². The zero-order valence-electron chi connectivity index (χ0n) is 16.4. The Morgan fingerprint density at radius 3 is 2.31 bits per heavy atom. The minimum absolute atomic E-state index is 0.0884. The van der Waals surface area contributed by atoms with Gasteiger partial charge in [-0.15, -0.1) is 0 Å². The summed E-state index contributed by atoms with van der Waals surface area (Å²) in [5.41, 5.74) is 0.627. The van der Waals surface area contributed by atoms with Gasteiger partial charge in [0.15, 0.2) is 5.75 Å². The van der Waals surface area contributed by atoms with Crippen LogP contribution >= 0.6 is 39.1 Å². The van der Waals surface area contributed by atoms with Crippen molar-refractivity contribution < 1.29 is 19.1 Å². The minimum Gasteiger partial charge on any atom is -0.454 e. The number of hydrogen-bond donors (Lipinski definition) is 1. The number of benzene rings is 2. The summed E-state index contributed by atoms with van der Waals surface area (Å²) in [7, 11) is 0. The van der Waals surface area contributed by atoms with Crippen LogP contribution in [0.3, 0.4) is 0 Å². The predicted octanol–water partition coefficient (Wildman–Crippen LogP) is 7.24. The van der Waals surface area contributed by atoms with Crippen molar-refractivity contribution in [1.29, 1.82) is 0 Å². The maximum absolute atomic E-state index is 11.9. The van der Waals surface area contributed by atoms with Crippen LogP contribution in [-0.4, -0.2) is 11.9 Å². The van der Waals surface area contributed by atoms with E-state index in [0.29, 0.717) is 22.3 Å². The number of halogens is 3. The lowest BCUT2D eigenvalue weighted by Crippen LogP contribution is -2.17. The van der Waals surface area contributed by atoms with Gasteiger partial charge in [-0.05, 0) is 40.5 Å². The molecule has 2 rings (SSSR count). The fourth-order valence-electron chi connectivity index (χ4n) is 2.25. The summed E-state index contributed by atoms with van der Waals surface area (Å²) >= 11 is 16.0. The molecule has 1 N–H and O–H groups in total. The van der Waals surface area contributed by atoms with Crippen LogP contribution in [0.5, 0.6) is 17.2 Å². The van der Waals surface area contributed by atoms with Crippen molar-refractivity contribution >= 4 is 56.7 Å². The third-order valence-corrected chi connectivity index (χ3v) is 5.10. The molecule has 29 heavy (non-hydrogen) atoms. The van der Waals surface area contributed by atoms with Gasteiger partial charge in [0.1, 0.15) is 11.5 Å². The van der Waals surface area contributed by atoms with Crippen LogP contribution in [0.15, 0.2) is 34.8 Å². The Labute approximate surface area is 188 Å². The Balaban J connectivity index is 2.14. The molecule has 0 atom stereocenters. The fourth-order valence-corrected chi connectivity index (χ4v) is 3.25. The molecule has 156 valence electrons. The molecule has 0 bridgehead atoms. The van der Waals surface area contributed by atoms with Crippen molar-refractivity contribution in [2.24, 2.45) is 5.92 Å². The third-order valence-electron chi connectivity index (χ3n) is 3.88. The van der Waals surface area contributed by atoms with Crippen molar-refractivity contribution in [3.05, 3.63) is 44.8 Å². The molecule has 1 amide bonds. The van der Waals surface area contributed by atoms with E-state index in [1.54, 1.807) is 18.2 Å². The average Bonchev–Trinajstić information content (AvgIpc) is 2.65. The molecule has 0 aliphatic carbocycles. The number of hydrogen-bond acceptors (Lipinski definition) is 4. The van der Waals surface area contributed by atoms with E-state index in [-0.39, 0.29) is 39.3 Å². The monoisotopic (exact) mass is 501 g/mol. The number of anilines is 1. The highest BCUT2D eigenvalue weighted by molar-refractivity contribution is 9.10. The smallest absolute Gasteiger partial charge is 0.311 e. The summed E-state index contributed by atoms with van der Waals surface area (Å²) in [6.45, 7) is 5.63. The maximum Gasteiger partial charge on any atom is 0.311 e. The summed E-state index contributed by atoms with van der Waals surface area (Å²) in [5, 5.41) is 3.25. The number of amides is 1. The number of nitrogens with one attached hydrogen (secondary N) is 1. The van der Waals surface area contributed by atoms with Crippen molar-refractivity contribution in [2.75, 3.05) is 5.32 Å². The van der Waals surface area contributed by atoms with E-state index in [1.165, 1.54) is 12.1 Å². The summed E-state index contributed by atoms with van der Waals surface area (Å²) in [5.74, 6) is 0.417. The summed E-state index contributed by atoms with van der Waals surface area (Å²) < 4.78 is 11.7. The topological polar surface area (TPSA) is 64.6 Å². The van der Waals surface area contributed by atoms with Gasteiger partial charge in [0.2, 0.25) is 5.91 Å². The zero-order valence-corrected chi connectivity index (χ0v) is 19.5. The molecule has 8 heteroatoms. The normalized spacial score (nSPS) is 10.7. The van der Waals surface area contributed by atoms with Crippen LogP contribution in [0.2, 0.25) is 10.0 Å². The number of rotatable bonds is 8. The molecular weight excluding hydrogens is 481 g/mol. The lowest BCUT2D eigenvalue weighted by Gasteiger charge is -2.14. The van der Waals surface area contributed by atoms with Gasteiger partial charge in [0.05, 0.1) is 15.7 Å². The van der Waals surface area contributed by atoms with Crippen molar-refractivity contribution in [3.63, 3.8) is 0 Å². The van der Waals surface area contributed by atoms with Crippen LogP contribution < -0.4 is 14.8 Å². The quantitative estimate of drug-likeness (QED) is 0.305. The van der Waals surface area contributed by atoms with Gasteiger partial charge in [-0.1, -0.05) is 50.4 Å². The molecular formula is C21H22BrCl2NO4. The Bertz CT molecular complexity index is 879. The van der Waals surface area contributed by atoms with E-state index in [2.05, 4.69) is 21.2 Å². The Morgan fingerprint density at radius 1 is 1.10 bits per heavy atom. The van der Waals surface area contributed by atoms with Crippen molar-refractivity contribution in [3.8, 4) is 17.2 Å². The van der Waals surface area contributed by atoms with Crippen LogP contribution in [0, 0.1) is 5.92 Å². The first-order valence-electron chi connectivity index (χ1n) is 9.19.